The Labute approximate surface area is 387 Å². The summed E-state index contributed by atoms with van der Waals surface area (Å²) in [5.41, 5.74) is 26.3. The van der Waals surface area contributed by atoms with Crippen molar-refractivity contribution in [3.05, 3.63) is 179 Å². The van der Waals surface area contributed by atoms with Crippen LogP contribution in [0.4, 0.5) is 34.1 Å². The van der Waals surface area contributed by atoms with Gasteiger partial charge in [-0.1, -0.05) is 145 Å². The summed E-state index contributed by atoms with van der Waals surface area (Å²) in [5.74, 6) is 0. The van der Waals surface area contributed by atoms with Crippen molar-refractivity contribution in [3.63, 3.8) is 0 Å². The Hall–Kier alpha value is -6.26. The number of aryl methyl sites for hydroxylation is 5. The standard InChI is InChI=1S/C61H62BN3/c1-8-11-17-42-24-29-45(30-25-42)63(46-31-26-43(27-32-46)18-12-9-2)47-33-34-53-55(39-47)64(54-35-28-44(19-13-10-3)38-41(54)5)56-37-40(4)36-51-48-21-16-22-50-57-49-20-14-15-23-52(49)61(6,7)60(57)65(59(48)50)62(53)58(51)56/h14-16,20-39H,8-13,17-19H2,1-7H3. The molecular weight excluding hydrogens is 786 g/mol. The fraction of sp³-hybridized carbons (Fsp3) is 0.279. The van der Waals surface area contributed by atoms with Crippen molar-refractivity contribution in [1.82, 2.24) is 4.48 Å². The molecule has 2 aliphatic heterocycles. The molecule has 3 nitrogen and oxygen atoms in total. The molecule has 1 aromatic heterocycles. The third-order valence-electron chi connectivity index (χ3n) is 15.0. The van der Waals surface area contributed by atoms with Crippen LogP contribution in [0.25, 0.3) is 33.2 Å². The molecule has 3 heterocycles. The Bertz CT molecular complexity index is 3060. The van der Waals surface area contributed by atoms with Gasteiger partial charge >= 0.3 is 6.85 Å². The lowest BCUT2D eigenvalue weighted by atomic mass is 9.44. The highest BCUT2D eigenvalue weighted by atomic mass is 15.2. The zero-order valence-electron chi connectivity index (χ0n) is 39.6. The number of nitrogens with zero attached hydrogens (tertiary/aromatic N) is 3. The molecular formula is C61H62BN3. The molecule has 0 atom stereocenters. The second-order valence-corrected chi connectivity index (χ2v) is 19.8. The Kier molecular flexibility index (Phi) is 10.4. The summed E-state index contributed by atoms with van der Waals surface area (Å²) in [4.78, 5) is 5.12. The van der Waals surface area contributed by atoms with Gasteiger partial charge in [-0.3, -0.25) is 0 Å². The zero-order valence-corrected chi connectivity index (χ0v) is 39.6. The summed E-state index contributed by atoms with van der Waals surface area (Å²) < 4.78 is 2.79. The van der Waals surface area contributed by atoms with Crippen molar-refractivity contribution < 1.29 is 0 Å². The van der Waals surface area contributed by atoms with Crippen LogP contribution in [-0.2, 0) is 24.7 Å². The molecule has 1 aliphatic carbocycles. The maximum Gasteiger partial charge on any atom is 0.332 e. The minimum absolute atomic E-state index is 0.0103. The molecule has 11 rings (SSSR count). The first-order valence-corrected chi connectivity index (χ1v) is 24.7. The van der Waals surface area contributed by atoms with Gasteiger partial charge in [-0.2, -0.15) is 0 Å². The summed E-state index contributed by atoms with van der Waals surface area (Å²) in [6, 6.07) is 54.6. The highest BCUT2D eigenvalue weighted by Crippen LogP contribution is 2.56. The topological polar surface area (TPSA) is 11.4 Å². The van der Waals surface area contributed by atoms with Gasteiger partial charge in [0.1, 0.15) is 0 Å². The molecule has 3 aliphatic rings. The average molecular weight is 848 g/mol. The second-order valence-electron chi connectivity index (χ2n) is 19.8. The van der Waals surface area contributed by atoms with E-state index in [9.17, 15) is 0 Å². The van der Waals surface area contributed by atoms with E-state index in [4.69, 9.17) is 0 Å². The highest BCUT2D eigenvalue weighted by Gasteiger charge is 2.49. The number of benzene rings is 7. The van der Waals surface area contributed by atoms with Gasteiger partial charge in [0.25, 0.3) is 0 Å². The number of fused-ring (bicyclic) bond motifs is 9. The van der Waals surface area contributed by atoms with E-state index in [1.807, 2.05) is 0 Å². The number of unbranched alkanes of at least 4 members (excludes halogenated alkanes) is 3. The van der Waals surface area contributed by atoms with Crippen molar-refractivity contribution >= 4 is 62.8 Å². The van der Waals surface area contributed by atoms with Crippen LogP contribution in [0.5, 0.6) is 0 Å². The van der Waals surface area contributed by atoms with Gasteiger partial charge in [-0.05, 0) is 156 Å². The van der Waals surface area contributed by atoms with Gasteiger partial charge in [0.15, 0.2) is 0 Å². The Balaban J connectivity index is 1.18. The van der Waals surface area contributed by atoms with Gasteiger partial charge in [0.2, 0.25) is 0 Å². The molecule has 0 bridgehead atoms. The van der Waals surface area contributed by atoms with Crippen LogP contribution in [-0.4, -0.2) is 11.3 Å². The van der Waals surface area contributed by atoms with Crippen molar-refractivity contribution in [2.24, 2.45) is 0 Å². The first-order valence-electron chi connectivity index (χ1n) is 24.7. The summed E-state index contributed by atoms with van der Waals surface area (Å²) in [5, 5.41) is 1.36. The predicted molar refractivity (Wildman–Crippen MR) is 280 cm³/mol. The van der Waals surface area contributed by atoms with Gasteiger partial charge < -0.3 is 14.3 Å². The fourth-order valence-electron chi connectivity index (χ4n) is 11.8. The first-order chi connectivity index (χ1) is 31.7. The smallest absolute Gasteiger partial charge is 0.332 e. The van der Waals surface area contributed by atoms with E-state index in [0.29, 0.717) is 0 Å². The second kappa shape index (κ2) is 16.3. The number of aromatic nitrogens is 1. The summed E-state index contributed by atoms with van der Waals surface area (Å²) >= 11 is 0. The Morgan fingerprint density at radius 2 is 1.15 bits per heavy atom. The quantitative estimate of drug-likeness (QED) is 0.107. The van der Waals surface area contributed by atoms with Gasteiger partial charge in [0, 0.05) is 67.3 Å². The van der Waals surface area contributed by atoms with Crippen LogP contribution in [0.15, 0.2) is 140 Å². The Morgan fingerprint density at radius 1 is 0.538 bits per heavy atom. The van der Waals surface area contributed by atoms with Crippen LogP contribution < -0.4 is 20.7 Å². The molecule has 4 heteroatoms. The minimum atomic E-state index is -0.184. The maximum absolute atomic E-state index is 2.79. The lowest BCUT2D eigenvalue weighted by molar-refractivity contribution is 0.632. The third kappa shape index (κ3) is 6.61. The molecule has 7 aromatic carbocycles. The fourth-order valence-corrected chi connectivity index (χ4v) is 11.8. The molecule has 0 N–H and O–H groups in total. The molecule has 324 valence electrons. The molecule has 0 amide bonds. The van der Waals surface area contributed by atoms with Crippen molar-refractivity contribution in [1.29, 1.82) is 0 Å². The largest absolute Gasteiger partial charge is 0.378 e. The number of anilines is 6. The molecule has 65 heavy (non-hydrogen) atoms. The van der Waals surface area contributed by atoms with Crippen molar-refractivity contribution in [2.45, 2.75) is 112 Å². The Morgan fingerprint density at radius 3 is 1.82 bits per heavy atom. The molecule has 0 spiro atoms. The molecule has 0 saturated heterocycles. The molecule has 8 aromatic rings. The maximum atomic E-state index is 2.79. The zero-order chi connectivity index (χ0) is 44.6. The normalized spacial score (nSPS) is 13.8. The summed E-state index contributed by atoms with van der Waals surface area (Å²) in [7, 11) is 0. The van der Waals surface area contributed by atoms with Crippen LogP contribution in [0, 0.1) is 13.8 Å². The molecule has 0 fully saturated rings. The van der Waals surface area contributed by atoms with Gasteiger partial charge in [-0.25, -0.2) is 0 Å². The van der Waals surface area contributed by atoms with E-state index in [2.05, 4.69) is 202 Å². The predicted octanol–water partition coefficient (Wildman–Crippen LogP) is 15.5. The minimum Gasteiger partial charge on any atom is -0.378 e. The lowest BCUT2D eigenvalue weighted by Gasteiger charge is -2.43. The number of para-hydroxylation sites is 1. The van der Waals surface area contributed by atoms with E-state index in [1.165, 1.54) is 150 Å². The van der Waals surface area contributed by atoms with E-state index in [1.54, 1.807) is 0 Å². The van der Waals surface area contributed by atoms with E-state index >= 15 is 0 Å². The van der Waals surface area contributed by atoms with Crippen molar-refractivity contribution in [3.8, 4) is 22.3 Å². The van der Waals surface area contributed by atoms with Crippen molar-refractivity contribution in [2.75, 3.05) is 9.80 Å². The lowest BCUT2D eigenvalue weighted by Crippen LogP contribution is -2.57. The number of hydrogen-bond acceptors (Lipinski definition) is 2. The van der Waals surface area contributed by atoms with E-state index < -0.39 is 0 Å². The van der Waals surface area contributed by atoms with Crippen LogP contribution in [0.3, 0.4) is 0 Å². The average Bonchev–Trinajstić information content (AvgIpc) is 3.79. The third-order valence-corrected chi connectivity index (χ3v) is 15.0. The highest BCUT2D eigenvalue weighted by molar-refractivity contribution is 6.89. The first kappa shape index (κ1) is 41.4. The monoisotopic (exact) mass is 848 g/mol. The molecule has 0 radical (unpaired) electrons. The van der Waals surface area contributed by atoms with E-state index in [-0.39, 0.29) is 12.3 Å². The summed E-state index contributed by atoms with van der Waals surface area (Å²) in [6.07, 6.45) is 10.5. The summed E-state index contributed by atoms with van der Waals surface area (Å²) in [6.45, 7) is 16.4. The van der Waals surface area contributed by atoms with Crippen LogP contribution >= 0.6 is 0 Å². The molecule has 0 unspecified atom stereocenters. The number of rotatable bonds is 13. The van der Waals surface area contributed by atoms with Crippen LogP contribution in [0.2, 0.25) is 0 Å². The number of hydrogen-bond donors (Lipinski definition) is 0. The van der Waals surface area contributed by atoms with E-state index in [0.717, 1.165) is 24.9 Å². The SMILES string of the molecule is CCCCc1ccc(N(c2ccc(CCCC)cc2)c2ccc3c(c2)N(c2ccc(CCCC)cc2C)c2cc(C)cc4c2B3n2c3c(c5cccc-4c52)-c2ccccc2C3(C)C)cc1. The molecule has 0 saturated carbocycles. The van der Waals surface area contributed by atoms with Gasteiger partial charge in [0.05, 0.1) is 0 Å². The van der Waals surface area contributed by atoms with Crippen LogP contribution in [0.1, 0.15) is 112 Å². The van der Waals surface area contributed by atoms with Gasteiger partial charge in [-0.15, -0.1) is 0 Å².